The SMILES string of the molecule is CC(=O)NCSC1=C(C(=O)OC(c2ccccc2)c2ccccc2)N2C(=O)[C@@H](N(Oc3ccccc3)C(C)=O)[C@H]2SC1. The van der Waals surface area contributed by atoms with Crippen LogP contribution in [0.3, 0.4) is 0 Å². The van der Waals surface area contributed by atoms with Crippen molar-refractivity contribution in [3.63, 3.8) is 0 Å². The highest BCUT2D eigenvalue weighted by Gasteiger charge is 2.58. The zero-order valence-electron chi connectivity index (χ0n) is 23.0. The molecule has 3 amide bonds. The number of β-lactam (4-membered cyclic amide) rings is 1. The Hall–Kier alpha value is -4.22. The molecule has 216 valence electrons. The van der Waals surface area contributed by atoms with Crippen molar-refractivity contribution in [2.24, 2.45) is 0 Å². The zero-order chi connectivity index (χ0) is 29.6. The average Bonchev–Trinajstić information content (AvgIpc) is 3.00. The summed E-state index contributed by atoms with van der Waals surface area (Å²) < 4.78 is 6.15. The summed E-state index contributed by atoms with van der Waals surface area (Å²) in [5.74, 6) is -0.780. The summed E-state index contributed by atoms with van der Waals surface area (Å²) in [4.78, 5) is 59.7. The van der Waals surface area contributed by atoms with Crippen molar-refractivity contribution in [2.75, 3.05) is 11.6 Å². The number of amides is 3. The molecular weight excluding hydrogens is 574 g/mol. The van der Waals surface area contributed by atoms with Gasteiger partial charge in [0.1, 0.15) is 11.1 Å². The molecule has 3 aromatic carbocycles. The first kappa shape index (κ1) is 29.3. The molecule has 0 unspecified atom stereocenters. The van der Waals surface area contributed by atoms with E-state index >= 15 is 0 Å². The number of hydrogen-bond acceptors (Lipinski definition) is 8. The van der Waals surface area contributed by atoms with E-state index in [0.29, 0.717) is 16.4 Å². The van der Waals surface area contributed by atoms with Crippen LogP contribution >= 0.6 is 23.5 Å². The van der Waals surface area contributed by atoms with E-state index in [-0.39, 0.29) is 17.5 Å². The Morgan fingerprint density at radius 2 is 1.52 bits per heavy atom. The molecule has 0 bridgehead atoms. The van der Waals surface area contributed by atoms with Crippen molar-refractivity contribution in [1.29, 1.82) is 0 Å². The largest absolute Gasteiger partial charge is 0.448 e. The van der Waals surface area contributed by atoms with Crippen LogP contribution in [0.5, 0.6) is 5.75 Å². The lowest BCUT2D eigenvalue weighted by molar-refractivity contribution is -0.188. The lowest BCUT2D eigenvalue weighted by Crippen LogP contribution is -2.71. The predicted molar refractivity (Wildman–Crippen MR) is 161 cm³/mol. The van der Waals surface area contributed by atoms with E-state index in [0.717, 1.165) is 16.2 Å². The normalized spacial score (nSPS) is 17.7. The van der Waals surface area contributed by atoms with Crippen LogP contribution < -0.4 is 10.2 Å². The van der Waals surface area contributed by atoms with Gasteiger partial charge in [-0.15, -0.1) is 23.5 Å². The molecule has 42 heavy (non-hydrogen) atoms. The van der Waals surface area contributed by atoms with Crippen LogP contribution in [0.15, 0.2) is 102 Å². The fraction of sp³-hybridized carbons (Fsp3) is 0.226. The molecule has 1 fully saturated rings. The first-order valence-electron chi connectivity index (χ1n) is 13.2. The molecule has 0 saturated carbocycles. The van der Waals surface area contributed by atoms with Gasteiger partial charge in [-0.05, 0) is 23.3 Å². The minimum atomic E-state index is -0.934. The van der Waals surface area contributed by atoms with Crippen LogP contribution in [0.4, 0.5) is 0 Å². The molecule has 2 atom stereocenters. The molecule has 1 N–H and O–H groups in total. The standard InChI is InChI=1S/C31H29N3O6S2/c1-20(35)32-19-42-25-18-41-30-27(34(21(2)36)40-24-16-10-5-11-17-24)29(37)33(30)26(25)31(38)39-28(22-12-6-3-7-13-22)23-14-8-4-9-15-23/h3-17,27-28,30H,18-19H2,1-2H3,(H,32,35)/t27-,30-/m1/s1. The molecule has 5 rings (SSSR count). The van der Waals surface area contributed by atoms with Crippen molar-refractivity contribution in [3.05, 3.63) is 113 Å². The number of para-hydroxylation sites is 1. The molecule has 0 spiro atoms. The van der Waals surface area contributed by atoms with Gasteiger partial charge in [-0.25, -0.2) is 4.79 Å². The summed E-state index contributed by atoms with van der Waals surface area (Å²) in [5, 5.41) is 3.23. The number of carbonyl (C=O) groups excluding carboxylic acids is 4. The highest BCUT2D eigenvalue weighted by atomic mass is 32.2. The smallest absolute Gasteiger partial charge is 0.356 e. The van der Waals surface area contributed by atoms with Crippen LogP contribution in [-0.2, 0) is 23.9 Å². The maximum absolute atomic E-state index is 14.0. The first-order valence-corrected chi connectivity index (χ1v) is 15.3. The number of hydroxylamine groups is 2. The molecule has 0 aromatic heterocycles. The van der Waals surface area contributed by atoms with Gasteiger partial charge in [-0.2, -0.15) is 5.06 Å². The zero-order valence-corrected chi connectivity index (χ0v) is 24.6. The maximum atomic E-state index is 14.0. The number of benzene rings is 3. The minimum absolute atomic E-state index is 0.107. The monoisotopic (exact) mass is 603 g/mol. The number of carbonyl (C=O) groups is 4. The van der Waals surface area contributed by atoms with E-state index in [2.05, 4.69) is 5.32 Å². The molecule has 0 aliphatic carbocycles. The van der Waals surface area contributed by atoms with Gasteiger partial charge in [0.2, 0.25) is 5.91 Å². The molecular formula is C31H29N3O6S2. The lowest BCUT2D eigenvalue weighted by Gasteiger charge is -2.51. The van der Waals surface area contributed by atoms with E-state index in [1.54, 1.807) is 24.3 Å². The third-order valence-electron chi connectivity index (χ3n) is 6.61. The van der Waals surface area contributed by atoms with E-state index in [4.69, 9.17) is 9.57 Å². The van der Waals surface area contributed by atoms with E-state index in [9.17, 15) is 19.2 Å². The summed E-state index contributed by atoms with van der Waals surface area (Å²) in [6.07, 6.45) is -0.718. The summed E-state index contributed by atoms with van der Waals surface area (Å²) >= 11 is 2.67. The van der Waals surface area contributed by atoms with Crippen LogP contribution in [-0.4, -0.2) is 56.7 Å². The van der Waals surface area contributed by atoms with Crippen LogP contribution in [0.1, 0.15) is 31.1 Å². The van der Waals surface area contributed by atoms with Gasteiger partial charge in [-0.1, -0.05) is 78.9 Å². The second kappa shape index (κ2) is 13.2. The quantitative estimate of drug-likeness (QED) is 0.157. The summed E-state index contributed by atoms with van der Waals surface area (Å²) in [7, 11) is 0. The maximum Gasteiger partial charge on any atom is 0.356 e. The van der Waals surface area contributed by atoms with Gasteiger partial charge < -0.3 is 14.9 Å². The van der Waals surface area contributed by atoms with Crippen molar-refractivity contribution >= 4 is 47.2 Å². The van der Waals surface area contributed by atoms with Crippen LogP contribution in [0.25, 0.3) is 0 Å². The van der Waals surface area contributed by atoms with Crippen LogP contribution in [0.2, 0.25) is 0 Å². The van der Waals surface area contributed by atoms with Gasteiger partial charge in [0.15, 0.2) is 17.9 Å². The van der Waals surface area contributed by atoms with Gasteiger partial charge in [0.05, 0.1) is 5.88 Å². The Balaban J connectivity index is 1.46. The number of esters is 1. The number of hydrogen-bond donors (Lipinski definition) is 1. The molecule has 2 aliphatic heterocycles. The van der Waals surface area contributed by atoms with E-state index in [1.165, 1.54) is 42.3 Å². The fourth-order valence-electron chi connectivity index (χ4n) is 4.64. The Bertz CT molecular complexity index is 1450. The topological polar surface area (TPSA) is 105 Å². The van der Waals surface area contributed by atoms with Crippen molar-refractivity contribution < 1.29 is 28.8 Å². The Labute approximate surface area is 252 Å². The molecule has 9 nitrogen and oxygen atoms in total. The van der Waals surface area contributed by atoms with Crippen LogP contribution in [0, 0.1) is 0 Å². The van der Waals surface area contributed by atoms with E-state index in [1.807, 2.05) is 66.7 Å². The third-order valence-corrected chi connectivity index (χ3v) is 9.03. The highest BCUT2D eigenvalue weighted by molar-refractivity contribution is 8.06. The van der Waals surface area contributed by atoms with Gasteiger partial charge in [0, 0.05) is 24.5 Å². The van der Waals surface area contributed by atoms with Gasteiger partial charge in [0.25, 0.3) is 11.8 Å². The minimum Gasteiger partial charge on any atom is -0.448 e. The summed E-state index contributed by atoms with van der Waals surface area (Å²) in [6.45, 7) is 2.74. The molecule has 3 aromatic rings. The molecule has 2 aliphatic rings. The number of thioether (sulfide) groups is 2. The third kappa shape index (κ3) is 6.32. The number of fused-ring (bicyclic) bond motifs is 1. The highest BCUT2D eigenvalue weighted by Crippen LogP contribution is 2.46. The Kier molecular flexibility index (Phi) is 9.19. The fourth-order valence-corrected chi connectivity index (χ4v) is 7.17. The lowest BCUT2D eigenvalue weighted by atomic mass is 10.0. The summed E-state index contributed by atoms with van der Waals surface area (Å²) in [6, 6.07) is 26.5. The molecule has 2 heterocycles. The van der Waals surface area contributed by atoms with Gasteiger partial charge in [-0.3, -0.25) is 19.3 Å². The number of rotatable bonds is 10. The average molecular weight is 604 g/mol. The molecule has 1 saturated heterocycles. The number of nitrogens with zero attached hydrogens (tertiary/aromatic N) is 2. The molecule has 11 heteroatoms. The Morgan fingerprint density at radius 1 is 0.952 bits per heavy atom. The van der Waals surface area contributed by atoms with E-state index < -0.39 is 35.3 Å². The van der Waals surface area contributed by atoms with Crippen molar-refractivity contribution in [2.45, 2.75) is 31.4 Å². The second-order valence-corrected chi connectivity index (χ2v) is 11.7. The second-order valence-electron chi connectivity index (χ2n) is 9.50. The van der Waals surface area contributed by atoms with Crippen molar-refractivity contribution in [3.8, 4) is 5.75 Å². The Morgan fingerprint density at radius 3 is 2.07 bits per heavy atom. The number of ether oxygens (including phenoxy) is 1. The van der Waals surface area contributed by atoms with Gasteiger partial charge >= 0.3 is 5.97 Å². The summed E-state index contributed by atoms with van der Waals surface area (Å²) in [5.41, 5.74) is 1.66. The first-order chi connectivity index (χ1) is 20.3. The number of nitrogens with one attached hydrogen (secondary N) is 1. The predicted octanol–water partition coefficient (Wildman–Crippen LogP) is 4.48. The molecule has 0 radical (unpaired) electrons. The van der Waals surface area contributed by atoms with Crippen molar-refractivity contribution in [1.82, 2.24) is 15.3 Å².